The summed E-state index contributed by atoms with van der Waals surface area (Å²) < 4.78 is 0. The summed E-state index contributed by atoms with van der Waals surface area (Å²) in [6, 6.07) is -0.975. The largest absolute Gasteiger partial charge is 0.480 e. The van der Waals surface area contributed by atoms with Gasteiger partial charge in [-0.3, -0.25) is 4.79 Å². The Labute approximate surface area is 68.8 Å². The SMILES string of the molecule is C=C(Cl)CC(NC=O)C(=O)O. The van der Waals surface area contributed by atoms with Crippen LogP contribution in [0.15, 0.2) is 11.6 Å². The summed E-state index contributed by atoms with van der Waals surface area (Å²) in [7, 11) is 0. The van der Waals surface area contributed by atoms with Crippen molar-refractivity contribution in [3.63, 3.8) is 0 Å². The molecule has 62 valence electrons. The molecule has 0 heterocycles. The minimum Gasteiger partial charge on any atom is -0.480 e. The van der Waals surface area contributed by atoms with Crippen LogP contribution in [-0.4, -0.2) is 23.5 Å². The van der Waals surface area contributed by atoms with E-state index in [-0.39, 0.29) is 11.5 Å². The molecule has 11 heavy (non-hydrogen) atoms. The highest BCUT2D eigenvalue weighted by Gasteiger charge is 2.15. The van der Waals surface area contributed by atoms with Crippen LogP contribution >= 0.6 is 11.6 Å². The highest BCUT2D eigenvalue weighted by Crippen LogP contribution is 2.06. The van der Waals surface area contributed by atoms with Gasteiger partial charge in [0.25, 0.3) is 0 Å². The van der Waals surface area contributed by atoms with Crippen molar-refractivity contribution in [3.05, 3.63) is 11.6 Å². The maximum absolute atomic E-state index is 10.3. The van der Waals surface area contributed by atoms with Crippen LogP contribution in [0.3, 0.4) is 0 Å². The lowest BCUT2D eigenvalue weighted by Crippen LogP contribution is -2.35. The third kappa shape index (κ3) is 4.38. The molecule has 0 aromatic heterocycles. The van der Waals surface area contributed by atoms with Gasteiger partial charge in [-0.15, -0.1) is 0 Å². The molecule has 0 fully saturated rings. The van der Waals surface area contributed by atoms with E-state index in [1.807, 2.05) is 0 Å². The first-order valence-electron chi connectivity index (χ1n) is 2.83. The molecule has 0 saturated heterocycles. The fourth-order valence-electron chi connectivity index (χ4n) is 0.521. The van der Waals surface area contributed by atoms with Crippen LogP contribution in [0.5, 0.6) is 0 Å². The van der Waals surface area contributed by atoms with Crippen LogP contribution in [0, 0.1) is 0 Å². The number of hydrogen-bond acceptors (Lipinski definition) is 2. The number of carboxylic acid groups (broad SMARTS) is 1. The van der Waals surface area contributed by atoms with Gasteiger partial charge in [-0.05, 0) is 0 Å². The molecule has 0 aliphatic rings. The molecule has 0 aromatic rings. The second-order valence-electron chi connectivity index (χ2n) is 1.90. The molecule has 5 heteroatoms. The molecule has 0 aromatic carbocycles. The van der Waals surface area contributed by atoms with E-state index in [2.05, 4.69) is 11.9 Å². The van der Waals surface area contributed by atoms with Crippen molar-refractivity contribution in [2.24, 2.45) is 0 Å². The standard InChI is InChI=1S/C6H8ClNO3/c1-4(7)2-5(6(10)11)8-3-9/h3,5H,1-2H2,(H,8,9)(H,10,11). The van der Waals surface area contributed by atoms with Gasteiger partial charge < -0.3 is 10.4 Å². The van der Waals surface area contributed by atoms with E-state index < -0.39 is 12.0 Å². The number of aliphatic carboxylic acids is 1. The van der Waals surface area contributed by atoms with Gasteiger partial charge in [-0.1, -0.05) is 18.2 Å². The van der Waals surface area contributed by atoms with E-state index >= 15 is 0 Å². The van der Waals surface area contributed by atoms with Crippen molar-refractivity contribution in [2.75, 3.05) is 0 Å². The van der Waals surface area contributed by atoms with E-state index in [0.717, 1.165) is 0 Å². The Morgan fingerprint density at radius 2 is 2.36 bits per heavy atom. The summed E-state index contributed by atoms with van der Waals surface area (Å²) in [5.74, 6) is -1.13. The number of carbonyl (C=O) groups excluding carboxylic acids is 1. The zero-order chi connectivity index (χ0) is 8.85. The number of halogens is 1. The Morgan fingerprint density at radius 3 is 2.64 bits per heavy atom. The first-order valence-corrected chi connectivity index (χ1v) is 3.21. The van der Waals surface area contributed by atoms with Gasteiger partial charge in [0.05, 0.1) is 0 Å². The molecular formula is C6H8ClNO3. The van der Waals surface area contributed by atoms with E-state index in [0.29, 0.717) is 6.41 Å². The van der Waals surface area contributed by atoms with Crippen molar-refractivity contribution in [2.45, 2.75) is 12.5 Å². The Morgan fingerprint density at radius 1 is 1.82 bits per heavy atom. The summed E-state index contributed by atoms with van der Waals surface area (Å²) in [5, 5.41) is 10.7. The number of carboxylic acids is 1. The van der Waals surface area contributed by atoms with Gasteiger partial charge in [0.1, 0.15) is 6.04 Å². The van der Waals surface area contributed by atoms with Crippen molar-refractivity contribution >= 4 is 24.0 Å². The minimum absolute atomic E-state index is 0.0373. The Balaban J connectivity index is 3.99. The summed E-state index contributed by atoms with van der Waals surface area (Å²) in [6.07, 6.45) is 0.355. The monoisotopic (exact) mass is 177 g/mol. The van der Waals surface area contributed by atoms with Crippen molar-refractivity contribution in [3.8, 4) is 0 Å². The minimum atomic E-state index is -1.13. The smallest absolute Gasteiger partial charge is 0.326 e. The van der Waals surface area contributed by atoms with Gasteiger partial charge in [-0.2, -0.15) is 0 Å². The second-order valence-corrected chi connectivity index (χ2v) is 2.43. The molecular weight excluding hydrogens is 170 g/mol. The third-order valence-electron chi connectivity index (χ3n) is 0.993. The van der Waals surface area contributed by atoms with Gasteiger partial charge >= 0.3 is 5.97 Å². The summed E-state index contributed by atoms with van der Waals surface area (Å²) in [5.41, 5.74) is 0. The van der Waals surface area contributed by atoms with Crippen LogP contribution in [0.2, 0.25) is 0 Å². The molecule has 1 unspecified atom stereocenters. The highest BCUT2D eigenvalue weighted by molar-refractivity contribution is 6.29. The average Bonchev–Trinajstić information content (AvgIpc) is 1.86. The Kier molecular flexibility index (Phi) is 4.29. The fraction of sp³-hybridized carbons (Fsp3) is 0.333. The summed E-state index contributed by atoms with van der Waals surface area (Å²) >= 11 is 5.34. The van der Waals surface area contributed by atoms with E-state index in [4.69, 9.17) is 16.7 Å². The lowest BCUT2D eigenvalue weighted by Gasteiger charge is -2.08. The number of rotatable bonds is 5. The van der Waals surface area contributed by atoms with E-state index in [1.54, 1.807) is 0 Å². The van der Waals surface area contributed by atoms with Gasteiger partial charge in [-0.25, -0.2) is 4.79 Å². The molecule has 0 radical (unpaired) electrons. The first kappa shape index (κ1) is 9.97. The number of carbonyl (C=O) groups is 2. The molecule has 0 spiro atoms. The van der Waals surface area contributed by atoms with Crippen LogP contribution in [0.4, 0.5) is 0 Å². The molecule has 4 nitrogen and oxygen atoms in total. The number of nitrogens with one attached hydrogen (secondary N) is 1. The third-order valence-corrected chi connectivity index (χ3v) is 1.15. The molecule has 0 saturated carbocycles. The lowest BCUT2D eigenvalue weighted by atomic mass is 10.2. The molecule has 2 N–H and O–H groups in total. The fourth-order valence-corrected chi connectivity index (χ4v) is 0.675. The van der Waals surface area contributed by atoms with Crippen LogP contribution in [-0.2, 0) is 9.59 Å². The average molecular weight is 178 g/mol. The topological polar surface area (TPSA) is 66.4 Å². The zero-order valence-corrected chi connectivity index (χ0v) is 6.47. The van der Waals surface area contributed by atoms with Gasteiger partial charge in [0, 0.05) is 11.5 Å². The molecule has 0 bridgehead atoms. The molecule has 0 rings (SSSR count). The predicted molar refractivity (Wildman–Crippen MR) is 40.2 cm³/mol. The number of hydrogen-bond donors (Lipinski definition) is 2. The Bertz CT molecular complexity index is 181. The number of amides is 1. The zero-order valence-electron chi connectivity index (χ0n) is 5.71. The molecule has 0 aliphatic heterocycles. The van der Waals surface area contributed by atoms with Crippen LogP contribution in [0.1, 0.15) is 6.42 Å². The highest BCUT2D eigenvalue weighted by atomic mass is 35.5. The van der Waals surface area contributed by atoms with Crippen molar-refractivity contribution in [1.82, 2.24) is 5.32 Å². The molecule has 0 aliphatic carbocycles. The Hall–Kier alpha value is -1.03. The first-order chi connectivity index (χ1) is 5.07. The van der Waals surface area contributed by atoms with Gasteiger partial charge in [0.15, 0.2) is 0 Å². The van der Waals surface area contributed by atoms with E-state index in [9.17, 15) is 9.59 Å². The summed E-state index contributed by atoms with van der Waals surface area (Å²) in [4.78, 5) is 20.2. The second kappa shape index (κ2) is 4.73. The quantitative estimate of drug-likeness (QED) is 0.595. The molecule has 1 atom stereocenters. The van der Waals surface area contributed by atoms with Crippen molar-refractivity contribution in [1.29, 1.82) is 0 Å². The van der Waals surface area contributed by atoms with Crippen molar-refractivity contribution < 1.29 is 14.7 Å². The lowest BCUT2D eigenvalue weighted by molar-refractivity contribution is -0.140. The van der Waals surface area contributed by atoms with Crippen LogP contribution < -0.4 is 5.32 Å². The maximum atomic E-state index is 10.3. The van der Waals surface area contributed by atoms with Crippen LogP contribution in [0.25, 0.3) is 0 Å². The maximum Gasteiger partial charge on any atom is 0.326 e. The predicted octanol–water partition coefficient (Wildman–Crippen LogP) is 0.328. The summed E-state index contributed by atoms with van der Waals surface area (Å²) in [6.45, 7) is 3.31. The van der Waals surface area contributed by atoms with E-state index in [1.165, 1.54) is 0 Å². The molecule has 1 amide bonds. The normalized spacial score (nSPS) is 11.7. The van der Waals surface area contributed by atoms with Gasteiger partial charge in [0.2, 0.25) is 6.41 Å².